The molecule has 8 aromatic rings. The average molecular weight is 821 g/mol. The van der Waals surface area contributed by atoms with E-state index in [2.05, 4.69) is 24.3 Å². The van der Waals surface area contributed by atoms with E-state index in [4.69, 9.17) is 48.4 Å². The summed E-state index contributed by atoms with van der Waals surface area (Å²) in [5.74, 6) is 3.04. The first-order valence-electron chi connectivity index (χ1n) is 20.6. The van der Waals surface area contributed by atoms with Gasteiger partial charge in [0.15, 0.2) is 0 Å². The van der Waals surface area contributed by atoms with E-state index in [1.807, 2.05) is 146 Å². The first kappa shape index (κ1) is 40.0. The molecule has 10 nitrogen and oxygen atoms in total. The number of nitrogens with zero attached hydrogens (tertiary/aromatic N) is 4. The van der Waals surface area contributed by atoms with Crippen LogP contribution in [-0.4, -0.2) is 72.8 Å². The van der Waals surface area contributed by atoms with E-state index in [0.29, 0.717) is 52.9 Å². The Morgan fingerprint density at radius 3 is 0.742 bits per heavy atom. The van der Waals surface area contributed by atoms with Crippen LogP contribution in [0, 0.1) is 0 Å². The Kier molecular flexibility index (Phi) is 12.8. The lowest BCUT2D eigenvalue weighted by atomic mass is 10.1. The smallest absolute Gasteiger partial charge is 0.120 e. The van der Waals surface area contributed by atoms with Gasteiger partial charge < -0.3 is 28.4 Å². The highest BCUT2D eigenvalue weighted by Gasteiger charge is 2.09. The van der Waals surface area contributed by atoms with Gasteiger partial charge in [0.25, 0.3) is 0 Å². The molecule has 16 bridgehead atoms. The lowest BCUT2D eigenvalue weighted by Gasteiger charge is -2.11. The Bertz CT molecular complexity index is 2320. The Morgan fingerprint density at radius 1 is 0.258 bits per heavy atom. The molecule has 0 aliphatic carbocycles. The third-order valence-corrected chi connectivity index (χ3v) is 10.2. The Balaban J connectivity index is 0.871. The summed E-state index contributed by atoms with van der Waals surface area (Å²) < 4.78 is 35.7. The molecule has 0 unspecified atom stereocenters. The summed E-state index contributed by atoms with van der Waals surface area (Å²) in [4.78, 5) is 18.9. The molecule has 0 spiro atoms. The number of ether oxygens (including phenoxy) is 6. The zero-order chi connectivity index (χ0) is 41.8. The minimum atomic E-state index is 0.413. The van der Waals surface area contributed by atoms with Crippen LogP contribution in [0.1, 0.15) is 0 Å². The lowest BCUT2D eigenvalue weighted by Crippen LogP contribution is -2.12. The van der Waals surface area contributed by atoms with Crippen molar-refractivity contribution in [2.24, 2.45) is 0 Å². The monoisotopic (exact) mass is 820 g/mol. The molecule has 0 atom stereocenters. The fourth-order valence-electron chi connectivity index (χ4n) is 7.00. The molecule has 7 aliphatic heterocycles. The van der Waals surface area contributed by atoms with E-state index < -0.39 is 0 Å². The molecule has 4 aromatic heterocycles. The van der Waals surface area contributed by atoms with Crippen LogP contribution in [-0.2, 0) is 9.47 Å². The van der Waals surface area contributed by atoms with Crippen molar-refractivity contribution in [2.45, 2.75) is 0 Å². The van der Waals surface area contributed by atoms with E-state index >= 15 is 0 Å². The zero-order valence-corrected chi connectivity index (χ0v) is 34.1. The van der Waals surface area contributed by atoms with Gasteiger partial charge in [0.1, 0.15) is 49.4 Å². The van der Waals surface area contributed by atoms with Gasteiger partial charge in [0, 0.05) is 47.0 Å². The molecule has 308 valence electrons. The van der Waals surface area contributed by atoms with E-state index in [0.717, 1.165) is 90.3 Å². The molecule has 0 saturated heterocycles. The largest absolute Gasteiger partial charge is 0.491 e. The minimum Gasteiger partial charge on any atom is -0.491 e. The molecule has 7 aliphatic rings. The highest BCUT2D eigenvalue weighted by molar-refractivity contribution is 5.71. The fraction of sp³-hybridized carbons (Fsp3) is 0.154. The molecule has 4 aromatic carbocycles. The molecule has 0 N–H and O–H groups in total. The van der Waals surface area contributed by atoms with Crippen molar-refractivity contribution < 1.29 is 28.4 Å². The van der Waals surface area contributed by atoms with Crippen molar-refractivity contribution in [3.05, 3.63) is 170 Å². The summed E-state index contributed by atoms with van der Waals surface area (Å²) in [5, 5.41) is 0. The van der Waals surface area contributed by atoms with Crippen molar-refractivity contribution in [2.75, 3.05) is 52.9 Å². The standard InChI is InChI=1S/C52H44N4O6/c1-5-37-29-45(9-1)59-25-21-57-22-26-60-46-10-2-7-39(30-46)43-15-19-51(55-35-43)52-20-16-44(36-56-52)40-8-4-12-48(32-40)62-28-24-58-23-27-61-47-11-3-6-38(31-47)42-14-18-50(54-34-42)49-17-13-41(37)33-53-49/h1-20,29-36H,21-28H2. The van der Waals surface area contributed by atoms with Gasteiger partial charge in [-0.05, 0) is 95.1 Å². The number of benzene rings is 4. The van der Waals surface area contributed by atoms with E-state index in [9.17, 15) is 0 Å². The summed E-state index contributed by atoms with van der Waals surface area (Å²) in [6, 6.07) is 48.0. The number of hydrogen-bond acceptors (Lipinski definition) is 10. The number of hydrogen-bond donors (Lipinski definition) is 0. The van der Waals surface area contributed by atoms with Crippen LogP contribution in [0.3, 0.4) is 0 Å². The molecule has 0 fully saturated rings. The van der Waals surface area contributed by atoms with E-state index in [1.165, 1.54) is 0 Å². The summed E-state index contributed by atoms with van der Waals surface area (Å²) in [7, 11) is 0. The summed E-state index contributed by atoms with van der Waals surface area (Å²) in [5.41, 5.74) is 11.1. The highest BCUT2D eigenvalue weighted by Crippen LogP contribution is 2.30. The Morgan fingerprint density at radius 2 is 0.516 bits per heavy atom. The topological polar surface area (TPSA) is 107 Å². The maximum Gasteiger partial charge on any atom is 0.120 e. The van der Waals surface area contributed by atoms with Gasteiger partial charge in [-0.25, -0.2) is 0 Å². The van der Waals surface area contributed by atoms with E-state index in [-0.39, 0.29) is 0 Å². The van der Waals surface area contributed by atoms with Crippen molar-refractivity contribution in [1.29, 1.82) is 0 Å². The molecule has 15 rings (SSSR count). The van der Waals surface area contributed by atoms with Crippen LogP contribution < -0.4 is 18.9 Å². The predicted molar refractivity (Wildman–Crippen MR) is 240 cm³/mol. The average Bonchev–Trinajstić information content (AvgIpc) is 3.34. The summed E-state index contributed by atoms with van der Waals surface area (Å²) >= 11 is 0. The van der Waals surface area contributed by atoms with Crippen LogP contribution in [0.15, 0.2) is 170 Å². The van der Waals surface area contributed by atoms with Gasteiger partial charge in [0.2, 0.25) is 0 Å². The number of pyridine rings is 4. The van der Waals surface area contributed by atoms with E-state index in [1.54, 1.807) is 0 Å². The molecule has 62 heavy (non-hydrogen) atoms. The quantitative estimate of drug-likeness (QED) is 0.147. The number of aromatic nitrogens is 4. The molecular formula is C52H44N4O6. The van der Waals surface area contributed by atoms with Gasteiger partial charge >= 0.3 is 0 Å². The molecule has 0 saturated carbocycles. The Labute approximate surface area is 360 Å². The van der Waals surface area contributed by atoms with Crippen LogP contribution in [0.4, 0.5) is 0 Å². The van der Waals surface area contributed by atoms with Gasteiger partial charge in [-0.3, -0.25) is 19.9 Å². The third-order valence-electron chi connectivity index (χ3n) is 10.2. The second-order valence-corrected chi connectivity index (χ2v) is 14.5. The molecule has 0 radical (unpaired) electrons. The molecular weight excluding hydrogens is 777 g/mol. The van der Waals surface area contributed by atoms with Crippen LogP contribution in [0.5, 0.6) is 23.0 Å². The Hall–Kier alpha value is -7.40. The van der Waals surface area contributed by atoms with Crippen molar-refractivity contribution >= 4 is 0 Å². The molecule has 11 heterocycles. The first-order valence-corrected chi connectivity index (χ1v) is 20.6. The summed E-state index contributed by atoms with van der Waals surface area (Å²) in [6.45, 7) is 3.38. The minimum absolute atomic E-state index is 0.413. The van der Waals surface area contributed by atoms with Gasteiger partial charge in [-0.2, -0.15) is 0 Å². The molecule has 10 heteroatoms. The third kappa shape index (κ3) is 10.3. The maximum absolute atomic E-state index is 6.02. The first-order chi connectivity index (χ1) is 30.7. The zero-order valence-electron chi connectivity index (χ0n) is 34.1. The van der Waals surface area contributed by atoms with Crippen LogP contribution >= 0.6 is 0 Å². The van der Waals surface area contributed by atoms with Gasteiger partial charge in [-0.1, -0.05) is 72.8 Å². The highest BCUT2D eigenvalue weighted by atomic mass is 16.5. The second kappa shape index (κ2) is 19.8. The maximum atomic E-state index is 6.02. The van der Waals surface area contributed by atoms with Crippen molar-refractivity contribution in [3.63, 3.8) is 0 Å². The van der Waals surface area contributed by atoms with Crippen LogP contribution in [0.25, 0.3) is 67.3 Å². The molecule has 0 amide bonds. The van der Waals surface area contributed by atoms with Gasteiger partial charge in [-0.15, -0.1) is 0 Å². The lowest BCUT2D eigenvalue weighted by molar-refractivity contribution is 0.0764. The van der Waals surface area contributed by atoms with Gasteiger partial charge in [0.05, 0.1) is 49.2 Å². The SMILES string of the molecule is c1cc2cc(c1)-c1ccc(nc1)-c1ccc(cn1)-c1cccc(c1)OCCOCCOc1cccc(c1)-c1ccc(nc1)-c1ccc(cn1)-c1cccc(c1)OCCOCCO2. The summed E-state index contributed by atoms with van der Waals surface area (Å²) in [6.07, 6.45) is 7.45. The second-order valence-electron chi connectivity index (χ2n) is 14.5. The fourth-order valence-corrected chi connectivity index (χ4v) is 7.00. The number of rotatable bonds is 0. The van der Waals surface area contributed by atoms with Crippen molar-refractivity contribution in [3.8, 4) is 90.3 Å². The normalized spacial score (nSPS) is 13.7. The van der Waals surface area contributed by atoms with Crippen molar-refractivity contribution in [1.82, 2.24) is 19.9 Å². The van der Waals surface area contributed by atoms with Crippen LogP contribution in [0.2, 0.25) is 0 Å². The predicted octanol–water partition coefficient (Wildman–Crippen LogP) is 10.5.